The van der Waals surface area contributed by atoms with Crippen molar-refractivity contribution in [3.8, 4) is 0 Å². The zero-order chi connectivity index (χ0) is 20.3. The minimum atomic E-state index is -4.29. The summed E-state index contributed by atoms with van der Waals surface area (Å²) in [5.74, 6) is -2.33. The summed E-state index contributed by atoms with van der Waals surface area (Å²) in [6.07, 6.45) is 0. The summed E-state index contributed by atoms with van der Waals surface area (Å²) in [5, 5.41) is 0. The van der Waals surface area contributed by atoms with Gasteiger partial charge < -0.3 is 9.47 Å². The molecule has 0 spiro atoms. The Hall–Kier alpha value is -2.22. The van der Waals surface area contributed by atoms with E-state index in [4.69, 9.17) is 9.47 Å². The quantitative estimate of drug-likeness (QED) is 0.450. The molecule has 1 aromatic rings. The Morgan fingerprint density at radius 1 is 0.846 bits per heavy atom. The number of benzene rings is 1. The van der Waals surface area contributed by atoms with Crippen molar-refractivity contribution in [1.82, 2.24) is 0 Å². The number of ether oxygens (including phenoxy) is 2. The number of nitrogens with zero attached hydrogens (tertiary/aromatic N) is 1. The number of hydrogen-bond acceptors (Lipinski definition) is 6. The van der Waals surface area contributed by atoms with E-state index in [0.717, 1.165) is 5.56 Å². The van der Waals surface area contributed by atoms with E-state index < -0.39 is 38.9 Å². The third-order valence-electron chi connectivity index (χ3n) is 2.71. The zero-order valence-electron chi connectivity index (χ0n) is 16.1. The average Bonchev–Trinajstić information content (AvgIpc) is 2.41. The van der Waals surface area contributed by atoms with Gasteiger partial charge >= 0.3 is 11.9 Å². The lowest BCUT2D eigenvalue weighted by Crippen LogP contribution is -2.37. The number of carbonyl (C=O) groups is 2. The van der Waals surface area contributed by atoms with E-state index in [1.807, 2.05) is 0 Å². The summed E-state index contributed by atoms with van der Waals surface area (Å²) in [4.78, 5) is 24.5. The highest BCUT2D eigenvalue weighted by Crippen LogP contribution is 2.16. The number of rotatable bonds is 4. The van der Waals surface area contributed by atoms with E-state index in [1.54, 1.807) is 60.6 Å². The summed E-state index contributed by atoms with van der Waals surface area (Å²) in [6, 6.07) is 5.86. The summed E-state index contributed by atoms with van der Waals surface area (Å²) >= 11 is 0. The minimum Gasteiger partial charge on any atom is -0.455 e. The fourth-order valence-electron chi connectivity index (χ4n) is 1.69. The van der Waals surface area contributed by atoms with Gasteiger partial charge in [0, 0.05) is 0 Å². The van der Waals surface area contributed by atoms with E-state index in [-0.39, 0.29) is 4.90 Å². The molecule has 0 radical (unpaired) electrons. The number of esters is 2. The summed E-state index contributed by atoms with van der Waals surface area (Å²) < 4.78 is 38.6. The lowest BCUT2D eigenvalue weighted by atomic mass is 10.2. The molecule has 1 rings (SSSR count). The summed E-state index contributed by atoms with van der Waals surface area (Å²) in [5.41, 5.74) is -1.94. The Bertz CT molecular complexity index is 779. The Morgan fingerprint density at radius 2 is 1.23 bits per heavy atom. The van der Waals surface area contributed by atoms with Gasteiger partial charge in [-0.05, 0) is 60.6 Å². The first-order valence-electron chi connectivity index (χ1n) is 7.99. The molecule has 7 nitrogen and oxygen atoms in total. The van der Waals surface area contributed by atoms with Gasteiger partial charge in [-0.2, -0.15) is 8.42 Å². The molecule has 0 atom stereocenters. The highest BCUT2D eigenvalue weighted by atomic mass is 32.2. The maximum absolute atomic E-state index is 12.5. The molecular formula is C18H25NO6S. The van der Waals surface area contributed by atoms with Crippen LogP contribution in [0.3, 0.4) is 0 Å². The van der Waals surface area contributed by atoms with Crippen molar-refractivity contribution >= 4 is 27.7 Å². The predicted molar refractivity (Wildman–Crippen MR) is 97.5 cm³/mol. The number of carbonyl (C=O) groups excluding carboxylic acids is 2. The molecule has 0 N–H and O–H groups in total. The van der Waals surface area contributed by atoms with Crippen LogP contribution in [-0.2, 0) is 29.1 Å². The van der Waals surface area contributed by atoms with Gasteiger partial charge in [-0.3, -0.25) is 0 Å². The van der Waals surface area contributed by atoms with Crippen molar-refractivity contribution in [3.05, 3.63) is 29.8 Å². The molecule has 0 aromatic heterocycles. The van der Waals surface area contributed by atoms with E-state index in [0.29, 0.717) is 0 Å². The normalized spacial score (nSPS) is 12.3. The van der Waals surface area contributed by atoms with Crippen molar-refractivity contribution in [2.75, 3.05) is 0 Å². The third kappa shape index (κ3) is 6.95. The molecule has 1 aromatic carbocycles. The van der Waals surface area contributed by atoms with E-state index in [9.17, 15) is 18.0 Å². The number of hydrogen-bond donors (Lipinski definition) is 0. The van der Waals surface area contributed by atoms with Crippen LogP contribution in [0.5, 0.6) is 0 Å². The standard InChI is InChI=1S/C18H25NO6S/c1-12-8-10-13(11-9-12)26(22,23)19-14(15(20)24-17(2,3)4)16(21)25-18(5,6)7/h8-11H,1-7H3. The molecule has 0 aliphatic carbocycles. The van der Waals surface area contributed by atoms with Crippen LogP contribution >= 0.6 is 0 Å². The Morgan fingerprint density at radius 3 is 1.58 bits per heavy atom. The van der Waals surface area contributed by atoms with E-state index in [1.165, 1.54) is 12.1 Å². The molecule has 0 saturated carbocycles. The Labute approximate surface area is 154 Å². The largest absolute Gasteiger partial charge is 0.455 e. The van der Waals surface area contributed by atoms with Crippen molar-refractivity contribution in [3.63, 3.8) is 0 Å². The number of sulfonamides is 1. The van der Waals surface area contributed by atoms with Gasteiger partial charge in [0.05, 0.1) is 4.90 Å². The maximum atomic E-state index is 12.5. The second-order valence-electron chi connectivity index (χ2n) is 7.73. The lowest BCUT2D eigenvalue weighted by molar-refractivity contribution is -0.151. The highest BCUT2D eigenvalue weighted by Gasteiger charge is 2.33. The van der Waals surface area contributed by atoms with E-state index >= 15 is 0 Å². The molecule has 0 amide bonds. The monoisotopic (exact) mass is 383 g/mol. The Balaban J connectivity index is 3.38. The summed E-state index contributed by atoms with van der Waals surface area (Å²) in [7, 11) is -4.29. The smallest absolute Gasteiger partial charge is 0.366 e. The second-order valence-corrected chi connectivity index (χ2v) is 9.34. The van der Waals surface area contributed by atoms with Gasteiger partial charge in [0.25, 0.3) is 10.0 Å². The van der Waals surface area contributed by atoms with Crippen LogP contribution in [0.15, 0.2) is 33.6 Å². The first kappa shape index (κ1) is 21.8. The SMILES string of the molecule is Cc1ccc(S(=O)(=O)N=C(C(=O)OC(C)(C)C)C(=O)OC(C)(C)C)cc1. The molecule has 26 heavy (non-hydrogen) atoms. The van der Waals surface area contributed by atoms with Gasteiger partial charge in [-0.1, -0.05) is 17.7 Å². The molecule has 0 heterocycles. The van der Waals surface area contributed by atoms with Crippen molar-refractivity contribution in [2.45, 2.75) is 64.6 Å². The average molecular weight is 383 g/mol. The third-order valence-corrected chi connectivity index (χ3v) is 4.01. The van der Waals surface area contributed by atoms with Gasteiger partial charge in [0.1, 0.15) is 11.2 Å². The molecular weight excluding hydrogens is 358 g/mol. The molecule has 0 fully saturated rings. The maximum Gasteiger partial charge on any atom is 0.366 e. The van der Waals surface area contributed by atoms with Gasteiger partial charge in [0.2, 0.25) is 5.71 Å². The second kappa shape index (κ2) is 7.57. The van der Waals surface area contributed by atoms with E-state index in [2.05, 4.69) is 4.40 Å². The lowest BCUT2D eigenvalue weighted by Gasteiger charge is -2.22. The summed E-state index contributed by atoms with van der Waals surface area (Å²) in [6.45, 7) is 11.3. The van der Waals surface area contributed by atoms with Crippen LogP contribution in [-0.4, -0.2) is 37.3 Å². The number of aryl methyl sites for hydroxylation is 1. The van der Waals surface area contributed by atoms with Crippen LogP contribution in [0.25, 0.3) is 0 Å². The molecule has 144 valence electrons. The fraction of sp³-hybridized carbons (Fsp3) is 0.500. The van der Waals surface area contributed by atoms with Crippen molar-refractivity contribution in [1.29, 1.82) is 0 Å². The molecule has 0 bridgehead atoms. The van der Waals surface area contributed by atoms with Crippen molar-refractivity contribution < 1.29 is 27.5 Å². The molecule has 0 aliphatic rings. The van der Waals surface area contributed by atoms with Crippen molar-refractivity contribution in [2.24, 2.45) is 4.40 Å². The molecule has 0 aliphatic heterocycles. The minimum absolute atomic E-state index is 0.146. The van der Waals surface area contributed by atoms with Crippen LogP contribution in [0.4, 0.5) is 0 Å². The van der Waals surface area contributed by atoms with Crippen LogP contribution in [0.2, 0.25) is 0 Å². The van der Waals surface area contributed by atoms with Crippen LogP contribution < -0.4 is 0 Å². The van der Waals surface area contributed by atoms with Gasteiger partial charge in [-0.25, -0.2) is 9.59 Å². The van der Waals surface area contributed by atoms with Gasteiger partial charge in [-0.15, -0.1) is 4.40 Å². The highest BCUT2D eigenvalue weighted by molar-refractivity contribution is 7.90. The van der Waals surface area contributed by atoms with Crippen LogP contribution in [0.1, 0.15) is 47.1 Å². The zero-order valence-corrected chi connectivity index (χ0v) is 16.9. The predicted octanol–water partition coefficient (Wildman–Crippen LogP) is 2.81. The van der Waals surface area contributed by atoms with Crippen LogP contribution in [0, 0.1) is 6.92 Å². The molecule has 0 unspecified atom stereocenters. The fourth-order valence-corrected chi connectivity index (χ4v) is 2.67. The van der Waals surface area contributed by atoms with Gasteiger partial charge in [0.15, 0.2) is 0 Å². The molecule has 0 saturated heterocycles. The Kier molecular flexibility index (Phi) is 6.35. The molecule has 8 heteroatoms. The first-order valence-corrected chi connectivity index (χ1v) is 9.43. The first-order chi connectivity index (χ1) is 11.6. The topological polar surface area (TPSA) is 99.1 Å².